The summed E-state index contributed by atoms with van der Waals surface area (Å²) >= 11 is 0.658. The number of hydrogen-bond acceptors (Lipinski definition) is 1. The molecule has 2 aliphatic heterocycles. The summed E-state index contributed by atoms with van der Waals surface area (Å²) in [6.45, 7) is 11.0. The van der Waals surface area contributed by atoms with E-state index in [9.17, 15) is 0 Å². The van der Waals surface area contributed by atoms with Crippen LogP contribution in [0.4, 0.5) is 0 Å². The van der Waals surface area contributed by atoms with Gasteiger partial charge in [-0.1, -0.05) is 0 Å². The molecule has 0 amide bonds. The van der Waals surface area contributed by atoms with E-state index in [1.54, 1.807) is 6.42 Å². The Hall–Kier alpha value is 0.690. The molecule has 3 aliphatic rings. The first-order chi connectivity index (χ1) is 7.03. The predicted molar refractivity (Wildman–Crippen MR) is 59.7 cm³/mol. The number of halogens is 1. The standard InChI is InChI=1S/C13H23IN/c1-8(2)11-6-13(5-10-12(13)14-10)7-15(11)9(3)4/h8-12H,5-7H2,1-4H3/q-1. The maximum atomic E-state index is 2.81. The van der Waals surface area contributed by atoms with Crippen LogP contribution in [-0.4, -0.2) is 31.4 Å². The van der Waals surface area contributed by atoms with Gasteiger partial charge in [-0.05, 0) is 0 Å². The molecule has 0 aromatic rings. The number of rotatable bonds is 2. The van der Waals surface area contributed by atoms with Crippen molar-refractivity contribution in [2.45, 2.75) is 60.5 Å². The third kappa shape index (κ3) is 1.50. The SMILES string of the molecule is CC(C)C1CC2(CC3[I-]C32)CN1C(C)C. The normalized spacial score (nSPS) is 49.3. The minimum absolute atomic E-state index is 0.658. The fourth-order valence-electron chi connectivity index (χ4n) is 3.75. The van der Waals surface area contributed by atoms with E-state index in [0.29, 0.717) is 21.2 Å². The number of nitrogens with zero attached hydrogens (tertiary/aromatic N) is 1. The van der Waals surface area contributed by atoms with Crippen molar-refractivity contribution in [2.24, 2.45) is 11.3 Å². The fraction of sp³-hybridized carbons (Fsp3) is 1.00. The summed E-state index contributed by atoms with van der Waals surface area (Å²) in [5, 5.41) is 0. The van der Waals surface area contributed by atoms with Crippen molar-refractivity contribution in [3.63, 3.8) is 0 Å². The third-order valence-corrected chi connectivity index (χ3v) is 8.92. The Balaban J connectivity index is 1.77. The molecule has 0 radical (unpaired) electrons. The summed E-state index contributed by atoms with van der Waals surface area (Å²) in [6.07, 6.45) is 3.14. The van der Waals surface area contributed by atoms with Crippen molar-refractivity contribution in [2.75, 3.05) is 6.54 Å². The summed E-state index contributed by atoms with van der Waals surface area (Å²) in [4.78, 5) is 2.81. The molecule has 1 spiro atoms. The van der Waals surface area contributed by atoms with Gasteiger partial charge in [-0.3, -0.25) is 0 Å². The number of fused-ring (bicyclic) bond motifs is 2. The zero-order valence-electron chi connectivity index (χ0n) is 10.3. The molecule has 15 heavy (non-hydrogen) atoms. The van der Waals surface area contributed by atoms with Gasteiger partial charge in [0, 0.05) is 0 Å². The summed E-state index contributed by atoms with van der Waals surface area (Å²) in [5.41, 5.74) is 0.831. The quantitative estimate of drug-likeness (QED) is 0.483. The van der Waals surface area contributed by atoms with Crippen molar-refractivity contribution >= 4 is 0 Å². The van der Waals surface area contributed by atoms with Crippen molar-refractivity contribution < 1.29 is 21.2 Å². The molecule has 0 aromatic carbocycles. The minimum atomic E-state index is 0.658. The molecule has 88 valence electrons. The van der Waals surface area contributed by atoms with Gasteiger partial charge in [0.2, 0.25) is 0 Å². The Morgan fingerprint density at radius 2 is 1.93 bits per heavy atom. The van der Waals surface area contributed by atoms with Crippen LogP contribution in [0.25, 0.3) is 0 Å². The van der Waals surface area contributed by atoms with Crippen LogP contribution in [0.1, 0.15) is 40.5 Å². The van der Waals surface area contributed by atoms with Crippen LogP contribution >= 0.6 is 0 Å². The molecule has 4 atom stereocenters. The van der Waals surface area contributed by atoms with Crippen molar-refractivity contribution in [1.29, 1.82) is 0 Å². The van der Waals surface area contributed by atoms with Crippen LogP contribution in [0.2, 0.25) is 0 Å². The van der Waals surface area contributed by atoms with Gasteiger partial charge in [0.1, 0.15) is 0 Å². The van der Waals surface area contributed by atoms with E-state index >= 15 is 0 Å². The second-order valence-electron chi connectivity index (χ2n) is 6.39. The van der Waals surface area contributed by atoms with Crippen LogP contribution in [-0.2, 0) is 0 Å². The molecule has 1 nitrogen and oxygen atoms in total. The van der Waals surface area contributed by atoms with Crippen LogP contribution in [0.3, 0.4) is 0 Å². The van der Waals surface area contributed by atoms with Gasteiger partial charge in [0.05, 0.1) is 0 Å². The Labute approximate surface area is 104 Å². The molecule has 3 rings (SSSR count). The van der Waals surface area contributed by atoms with E-state index in [1.807, 2.05) is 0 Å². The third-order valence-electron chi connectivity index (χ3n) is 4.71. The van der Waals surface area contributed by atoms with Crippen molar-refractivity contribution in [3.05, 3.63) is 0 Å². The topological polar surface area (TPSA) is 3.24 Å². The second-order valence-corrected chi connectivity index (χ2v) is 10.1. The van der Waals surface area contributed by atoms with Crippen molar-refractivity contribution in [1.82, 2.24) is 4.90 Å². The van der Waals surface area contributed by atoms with Crippen LogP contribution in [0, 0.1) is 11.3 Å². The number of alkyl halides is 2. The zero-order valence-corrected chi connectivity index (χ0v) is 12.5. The Morgan fingerprint density at radius 1 is 1.20 bits per heavy atom. The van der Waals surface area contributed by atoms with Crippen LogP contribution in [0.5, 0.6) is 0 Å². The van der Waals surface area contributed by atoms with Crippen LogP contribution < -0.4 is 21.2 Å². The van der Waals surface area contributed by atoms with E-state index in [1.165, 1.54) is 20.8 Å². The maximum absolute atomic E-state index is 2.81. The Morgan fingerprint density at radius 3 is 2.27 bits per heavy atom. The van der Waals surface area contributed by atoms with Gasteiger partial charge in [0.25, 0.3) is 0 Å². The Bertz CT molecular complexity index is 258. The molecule has 3 fully saturated rings. The average Bonchev–Trinajstić information content (AvgIpc) is 2.68. The first-order valence-electron chi connectivity index (χ1n) is 6.41. The van der Waals surface area contributed by atoms with Gasteiger partial charge in [-0.25, -0.2) is 0 Å². The molecule has 1 aliphatic carbocycles. The summed E-state index contributed by atoms with van der Waals surface area (Å²) in [7, 11) is 0. The molecule has 1 saturated carbocycles. The zero-order chi connectivity index (χ0) is 10.8. The fourth-order valence-corrected chi connectivity index (χ4v) is 8.12. The van der Waals surface area contributed by atoms with E-state index in [4.69, 9.17) is 0 Å². The van der Waals surface area contributed by atoms with Gasteiger partial charge in [-0.15, -0.1) is 0 Å². The first-order valence-corrected chi connectivity index (χ1v) is 8.90. The van der Waals surface area contributed by atoms with Gasteiger partial charge >= 0.3 is 104 Å². The van der Waals surface area contributed by atoms with E-state index in [0.717, 1.165) is 23.4 Å². The summed E-state index contributed by atoms with van der Waals surface area (Å²) in [5.74, 6) is 0.850. The van der Waals surface area contributed by atoms with Gasteiger partial charge in [-0.2, -0.15) is 0 Å². The van der Waals surface area contributed by atoms with E-state index in [2.05, 4.69) is 32.6 Å². The predicted octanol–water partition coefficient (Wildman–Crippen LogP) is -0.645. The van der Waals surface area contributed by atoms with E-state index < -0.39 is 0 Å². The summed E-state index contributed by atoms with van der Waals surface area (Å²) in [6, 6.07) is 1.64. The van der Waals surface area contributed by atoms with Gasteiger partial charge < -0.3 is 0 Å². The molecular formula is C13H23IN-. The van der Waals surface area contributed by atoms with E-state index in [-0.39, 0.29) is 0 Å². The molecule has 2 heterocycles. The monoisotopic (exact) mass is 320 g/mol. The molecule has 2 saturated heterocycles. The second kappa shape index (κ2) is 3.34. The Kier molecular flexibility index (Phi) is 2.41. The number of likely N-dealkylation sites (tertiary alicyclic amines) is 1. The molecule has 4 unspecified atom stereocenters. The average molecular weight is 320 g/mol. The number of hydrogen-bond donors (Lipinski definition) is 0. The molecule has 0 bridgehead atoms. The van der Waals surface area contributed by atoms with Crippen LogP contribution in [0.15, 0.2) is 0 Å². The first kappa shape index (κ1) is 10.8. The molecule has 0 N–H and O–H groups in total. The summed E-state index contributed by atoms with van der Waals surface area (Å²) < 4.78 is 2.52. The molecule has 2 heteroatoms. The van der Waals surface area contributed by atoms with Crippen molar-refractivity contribution in [3.8, 4) is 0 Å². The molecular weight excluding hydrogens is 297 g/mol. The van der Waals surface area contributed by atoms with Gasteiger partial charge in [0.15, 0.2) is 0 Å². The molecule has 0 aromatic heterocycles.